The van der Waals surface area contributed by atoms with Gasteiger partial charge in [-0.15, -0.1) is 24.0 Å². The number of nitrogens with one attached hydrogen (secondary N) is 2. The molecule has 0 spiro atoms. The molecule has 3 rings (SSSR count). The van der Waals surface area contributed by atoms with Crippen LogP contribution in [0.5, 0.6) is 23.1 Å². The number of rotatable bonds is 8. The van der Waals surface area contributed by atoms with E-state index in [0.717, 1.165) is 11.1 Å². The van der Waals surface area contributed by atoms with E-state index in [1.54, 1.807) is 39.6 Å². The van der Waals surface area contributed by atoms with Gasteiger partial charge in [-0.3, -0.25) is 4.99 Å². The summed E-state index contributed by atoms with van der Waals surface area (Å²) in [4.78, 5) is 8.51. The number of hydrogen-bond donors (Lipinski definition) is 2. The van der Waals surface area contributed by atoms with E-state index in [9.17, 15) is 4.39 Å². The van der Waals surface area contributed by atoms with Crippen LogP contribution in [0.2, 0.25) is 0 Å². The molecular formula is C23H26FIN4O3. The van der Waals surface area contributed by atoms with Crippen molar-refractivity contribution in [2.45, 2.75) is 13.1 Å². The van der Waals surface area contributed by atoms with Gasteiger partial charge in [-0.05, 0) is 35.9 Å². The zero-order valence-electron chi connectivity index (χ0n) is 18.1. The van der Waals surface area contributed by atoms with Crippen LogP contribution in [0.15, 0.2) is 65.8 Å². The Morgan fingerprint density at radius 3 is 2.47 bits per heavy atom. The summed E-state index contributed by atoms with van der Waals surface area (Å²) in [5.41, 5.74) is 1.82. The van der Waals surface area contributed by atoms with Crippen LogP contribution in [-0.2, 0) is 13.1 Å². The number of methoxy groups -OCH3 is 2. The smallest absolute Gasteiger partial charge is 0.224 e. The molecule has 0 radical (unpaired) electrons. The summed E-state index contributed by atoms with van der Waals surface area (Å²) in [5.74, 6) is 2.37. The zero-order chi connectivity index (χ0) is 22.1. The molecule has 3 aromatic rings. The van der Waals surface area contributed by atoms with Crippen LogP contribution >= 0.6 is 24.0 Å². The zero-order valence-corrected chi connectivity index (χ0v) is 20.4. The monoisotopic (exact) mass is 552 g/mol. The highest BCUT2D eigenvalue weighted by Crippen LogP contribution is 2.27. The van der Waals surface area contributed by atoms with Crippen LogP contribution in [0.3, 0.4) is 0 Å². The van der Waals surface area contributed by atoms with Crippen LogP contribution in [0.25, 0.3) is 0 Å². The Balaban J connectivity index is 0.00000363. The van der Waals surface area contributed by atoms with Gasteiger partial charge in [0.1, 0.15) is 11.6 Å². The molecule has 0 fully saturated rings. The lowest BCUT2D eigenvalue weighted by Gasteiger charge is -2.15. The first-order chi connectivity index (χ1) is 15.1. The van der Waals surface area contributed by atoms with E-state index in [2.05, 4.69) is 20.6 Å². The van der Waals surface area contributed by atoms with E-state index in [1.165, 1.54) is 12.1 Å². The SMILES string of the molecule is CN=C(NCc1ccc(OC)c(OC)c1)NCc1cccnc1Oc1cccc(F)c1.I. The Labute approximate surface area is 204 Å². The molecule has 0 unspecified atom stereocenters. The van der Waals surface area contributed by atoms with Gasteiger partial charge >= 0.3 is 0 Å². The Morgan fingerprint density at radius 2 is 1.75 bits per heavy atom. The van der Waals surface area contributed by atoms with E-state index in [0.29, 0.717) is 42.2 Å². The average molecular weight is 552 g/mol. The second-order valence-electron chi connectivity index (χ2n) is 6.50. The molecule has 1 aromatic heterocycles. The number of aromatic nitrogens is 1. The van der Waals surface area contributed by atoms with Gasteiger partial charge in [0.25, 0.3) is 0 Å². The van der Waals surface area contributed by atoms with Crippen molar-refractivity contribution in [2.75, 3.05) is 21.3 Å². The van der Waals surface area contributed by atoms with Crippen LogP contribution in [0, 0.1) is 5.82 Å². The van der Waals surface area contributed by atoms with Crippen molar-refractivity contribution in [3.63, 3.8) is 0 Å². The molecule has 9 heteroatoms. The standard InChI is InChI=1S/C23H25FN4O3.HI/c1-25-23(27-14-16-9-10-20(29-2)21(12-16)30-3)28-15-17-6-5-11-26-22(17)31-19-8-4-7-18(24)13-19;/h4-13H,14-15H2,1-3H3,(H2,25,27,28);1H. The summed E-state index contributed by atoms with van der Waals surface area (Å²) in [6, 6.07) is 15.4. The van der Waals surface area contributed by atoms with E-state index >= 15 is 0 Å². The van der Waals surface area contributed by atoms with Crippen LogP contribution < -0.4 is 24.8 Å². The second kappa shape index (κ2) is 12.7. The largest absolute Gasteiger partial charge is 0.493 e. The highest BCUT2D eigenvalue weighted by atomic mass is 127. The van der Waals surface area contributed by atoms with Crippen LogP contribution in [0.1, 0.15) is 11.1 Å². The van der Waals surface area contributed by atoms with Gasteiger partial charge in [-0.2, -0.15) is 0 Å². The number of halogens is 2. The third-order valence-corrected chi connectivity index (χ3v) is 4.44. The topological polar surface area (TPSA) is 77.0 Å². The van der Waals surface area contributed by atoms with Gasteiger partial charge in [0.15, 0.2) is 17.5 Å². The van der Waals surface area contributed by atoms with Crippen molar-refractivity contribution in [1.82, 2.24) is 15.6 Å². The summed E-state index contributed by atoms with van der Waals surface area (Å²) in [6.07, 6.45) is 1.63. The molecule has 0 atom stereocenters. The molecule has 0 saturated carbocycles. The number of nitrogens with zero attached hydrogens (tertiary/aromatic N) is 2. The molecule has 32 heavy (non-hydrogen) atoms. The molecule has 2 N–H and O–H groups in total. The second-order valence-corrected chi connectivity index (χ2v) is 6.50. The van der Waals surface area contributed by atoms with Gasteiger partial charge in [0.2, 0.25) is 5.88 Å². The number of aliphatic imine (C=N–C) groups is 1. The fraction of sp³-hybridized carbons (Fsp3) is 0.217. The summed E-state index contributed by atoms with van der Waals surface area (Å²) < 4.78 is 29.8. The fourth-order valence-electron chi connectivity index (χ4n) is 2.87. The molecule has 0 bridgehead atoms. The molecule has 0 aliphatic heterocycles. The molecule has 2 aromatic carbocycles. The first-order valence-corrected chi connectivity index (χ1v) is 9.65. The van der Waals surface area contributed by atoms with Gasteiger partial charge in [-0.1, -0.05) is 18.2 Å². The molecule has 7 nitrogen and oxygen atoms in total. The number of pyridine rings is 1. The minimum absolute atomic E-state index is 0. The van der Waals surface area contributed by atoms with Gasteiger partial charge in [-0.25, -0.2) is 9.37 Å². The number of guanidine groups is 1. The first-order valence-electron chi connectivity index (χ1n) is 9.65. The Hall–Kier alpha value is -3.08. The Morgan fingerprint density at radius 1 is 0.969 bits per heavy atom. The lowest BCUT2D eigenvalue weighted by atomic mass is 10.2. The maximum absolute atomic E-state index is 13.4. The fourth-order valence-corrected chi connectivity index (χ4v) is 2.87. The quantitative estimate of drug-likeness (QED) is 0.243. The van der Waals surface area contributed by atoms with Crippen molar-refractivity contribution in [3.8, 4) is 23.1 Å². The van der Waals surface area contributed by atoms with E-state index in [-0.39, 0.29) is 29.8 Å². The van der Waals surface area contributed by atoms with Crippen molar-refractivity contribution < 1.29 is 18.6 Å². The lowest BCUT2D eigenvalue weighted by Crippen LogP contribution is -2.36. The lowest BCUT2D eigenvalue weighted by molar-refractivity contribution is 0.354. The molecule has 0 aliphatic carbocycles. The van der Waals surface area contributed by atoms with E-state index in [1.807, 2.05) is 30.3 Å². The van der Waals surface area contributed by atoms with Gasteiger partial charge in [0, 0.05) is 38.0 Å². The maximum atomic E-state index is 13.4. The highest BCUT2D eigenvalue weighted by molar-refractivity contribution is 14.0. The number of ether oxygens (including phenoxy) is 3. The number of hydrogen-bond acceptors (Lipinski definition) is 5. The molecule has 0 amide bonds. The minimum atomic E-state index is -0.368. The van der Waals surface area contributed by atoms with Gasteiger partial charge in [0.05, 0.1) is 14.2 Å². The van der Waals surface area contributed by atoms with Crippen molar-refractivity contribution in [1.29, 1.82) is 0 Å². The van der Waals surface area contributed by atoms with Crippen molar-refractivity contribution in [3.05, 3.63) is 77.7 Å². The highest BCUT2D eigenvalue weighted by Gasteiger charge is 2.09. The predicted molar refractivity (Wildman–Crippen MR) is 133 cm³/mol. The van der Waals surface area contributed by atoms with Gasteiger partial charge < -0.3 is 24.8 Å². The summed E-state index contributed by atoms with van der Waals surface area (Å²) in [6.45, 7) is 0.962. The molecular weight excluding hydrogens is 526 g/mol. The van der Waals surface area contributed by atoms with Crippen molar-refractivity contribution >= 4 is 29.9 Å². The molecule has 0 saturated heterocycles. The molecule has 170 valence electrons. The van der Waals surface area contributed by atoms with Crippen LogP contribution in [0.4, 0.5) is 4.39 Å². The maximum Gasteiger partial charge on any atom is 0.224 e. The minimum Gasteiger partial charge on any atom is -0.493 e. The average Bonchev–Trinajstić information content (AvgIpc) is 2.80. The number of benzene rings is 2. The first kappa shape index (κ1) is 25.2. The molecule has 0 aliphatic rings. The van der Waals surface area contributed by atoms with E-state index < -0.39 is 0 Å². The van der Waals surface area contributed by atoms with E-state index in [4.69, 9.17) is 14.2 Å². The third-order valence-electron chi connectivity index (χ3n) is 4.44. The Bertz CT molecular complexity index is 1050. The van der Waals surface area contributed by atoms with Crippen molar-refractivity contribution in [2.24, 2.45) is 4.99 Å². The summed E-state index contributed by atoms with van der Waals surface area (Å²) in [7, 11) is 4.90. The summed E-state index contributed by atoms with van der Waals surface area (Å²) >= 11 is 0. The predicted octanol–water partition coefficient (Wildman–Crippen LogP) is 4.51. The summed E-state index contributed by atoms with van der Waals surface area (Å²) in [5, 5.41) is 6.49. The normalized spacial score (nSPS) is 10.7. The third kappa shape index (κ3) is 6.98. The van der Waals surface area contributed by atoms with Crippen LogP contribution in [-0.4, -0.2) is 32.2 Å². The molecule has 1 heterocycles. The Kier molecular flexibility index (Phi) is 9.99.